The van der Waals surface area contributed by atoms with Gasteiger partial charge in [-0.15, -0.1) is 11.3 Å². The predicted octanol–water partition coefficient (Wildman–Crippen LogP) is 4.23. The molecule has 2 aromatic carbocycles. The lowest BCUT2D eigenvalue weighted by molar-refractivity contribution is -0.117. The molecule has 1 amide bonds. The molecule has 0 bridgehead atoms. The second kappa shape index (κ2) is 7.65. The van der Waals surface area contributed by atoms with Crippen molar-refractivity contribution >= 4 is 49.1 Å². The van der Waals surface area contributed by atoms with E-state index in [-0.39, 0.29) is 18.0 Å². The SMILES string of the molecule is Cc1sc(NC(=O)Cn2ncc3ccccc3c2=O)nc1-c1ccc(Br)cc1. The van der Waals surface area contributed by atoms with Crippen LogP contribution in [-0.4, -0.2) is 20.7 Å². The van der Waals surface area contributed by atoms with Gasteiger partial charge in [0.1, 0.15) is 6.54 Å². The number of hydrogen-bond donors (Lipinski definition) is 1. The van der Waals surface area contributed by atoms with Gasteiger partial charge >= 0.3 is 0 Å². The molecule has 0 unspecified atom stereocenters. The number of anilines is 1. The maximum Gasteiger partial charge on any atom is 0.275 e. The summed E-state index contributed by atoms with van der Waals surface area (Å²) in [5.41, 5.74) is 1.51. The van der Waals surface area contributed by atoms with Gasteiger partial charge < -0.3 is 5.32 Å². The fourth-order valence-electron chi connectivity index (χ4n) is 2.86. The van der Waals surface area contributed by atoms with Crippen LogP contribution >= 0.6 is 27.3 Å². The van der Waals surface area contributed by atoms with Crippen molar-refractivity contribution in [2.45, 2.75) is 13.5 Å². The van der Waals surface area contributed by atoms with Crippen LogP contribution < -0.4 is 10.9 Å². The van der Waals surface area contributed by atoms with Crippen LogP contribution in [0.4, 0.5) is 5.13 Å². The third kappa shape index (κ3) is 3.74. The van der Waals surface area contributed by atoms with Crippen LogP contribution in [0.25, 0.3) is 22.0 Å². The number of halogens is 1. The number of benzene rings is 2. The molecule has 1 N–H and O–H groups in total. The van der Waals surface area contributed by atoms with Crippen LogP contribution in [0.3, 0.4) is 0 Å². The van der Waals surface area contributed by atoms with E-state index < -0.39 is 0 Å². The van der Waals surface area contributed by atoms with E-state index in [9.17, 15) is 9.59 Å². The van der Waals surface area contributed by atoms with E-state index in [4.69, 9.17) is 0 Å². The van der Waals surface area contributed by atoms with E-state index in [2.05, 4.69) is 31.3 Å². The van der Waals surface area contributed by atoms with Gasteiger partial charge in [0.2, 0.25) is 5.91 Å². The number of fused-ring (bicyclic) bond motifs is 1. The second-order valence-corrected chi connectivity index (χ2v) is 8.29. The van der Waals surface area contributed by atoms with Crippen molar-refractivity contribution < 1.29 is 4.79 Å². The normalized spacial score (nSPS) is 10.9. The summed E-state index contributed by atoms with van der Waals surface area (Å²) in [5.74, 6) is -0.346. The molecule has 2 aromatic heterocycles. The molecule has 2 heterocycles. The molecule has 0 fully saturated rings. The van der Waals surface area contributed by atoms with E-state index in [1.54, 1.807) is 18.3 Å². The maximum atomic E-state index is 12.5. The van der Waals surface area contributed by atoms with Crippen LogP contribution in [-0.2, 0) is 11.3 Å². The number of nitrogens with zero attached hydrogens (tertiary/aromatic N) is 3. The number of aryl methyl sites for hydroxylation is 1. The zero-order chi connectivity index (χ0) is 19.7. The Morgan fingerprint density at radius 3 is 2.71 bits per heavy atom. The standard InChI is InChI=1S/C20H15BrN4O2S/c1-12-18(13-6-8-15(21)9-7-13)24-20(28-12)23-17(26)11-25-19(27)16-5-3-2-4-14(16)10-22-25/h2-10H,11H2,1H3,(H,23,24,26). The maximum absolute atomic E-state index is 12.5. The van der Waals surface area contributed by atoms with Crippen molar-refractivity contribution in [3.8, 4) is 11.3 Å². The summed E-state index contributed by atoms with van der Waals surface area (Å²) in [6, 6.07) is 15.0. The van der Waals surface area contributed by atoms with Gasteiger partial charge in [0.25, 0.3) is 5.56 Å². The minimum Gasteiger partial charge on any atom is -0.300 e. The fraction of sp³-hybridized carbons (Fsp3) is 0.100. The van der Waals surface area contributed by atoms with E-state index in [0.717, 1.165) is 30.7 Å². The van der Waals surface area contributed by atoms with Crippen LogP contribution in [0.5, 0.6) is 0 Å². The van der Waals surface area contributed by atoms with Gasteiger partial charge in [0, 0.05) is 20.3 Å². The third-order valence-corrected chi connectivity index (χ3v) is 5.63. The van der Waals surface area contributed by atoms with Gasteiger partial charge in [-0.1, -0.05) is 46.3 Å². The Bertz CT molecular complexity index is 1230. The Hall–Kier alpha value is -2.84. The van der Waals surface area contributed by atoms with Crippen molar-refractivity contribution in [2.75, 3.05) is 5.32 Å². The summed E-state index contributed by atoms with van der Waals surface area (Å²) in [7, 11) is 0. The Morgan fingerprint density at radius 2 is 1.93 bits per heavy atom. The number of aromatic nitrogens is 3. The number of hydrogen-bond acceptors (Lipinski definition) is 5. The van der Waals surface area contributed by atoms with Crippen molar-refractivity contribution in [2.24, 2.45) is 0 Å². The quantitative estimate of drug-likeness (QED) is 0.500. The van der Waals surface area contributed by atoms with Crippen LogP contribution in [0.15, 0.2) is 64.0 Å². The molecule has 0 radical (unpaired) electrons. The topological polar surface area (TPSA) is 76.9 Å². The second-order valence-electron chi connectivity index (χ2n) is 6.17. The minimum absolute atomic E-state index is 0.171. The molecule has 6 nitrogen and oxygen atoms in total. The lowest BCUT2D eigenvalue weighted by Crippen LogP contribution is -2.29. The Kier molecular flexibility index (Phi) is 5.06. The molecule has 0 aliphatic carbocycles. The van der Waals surface area contributed by atoms with Gasteiger partial charge in [0.05, 0.1) is 17.3 Å². The van der Waals surface area contributed by atoms with Gasteiger partial charge in [-0.3, -0.25) is 9.59 Å². The molecule has 8 heteroatoms. The third-order valence-electron chi connectivity index (χ3n) is 4.22. The number of amides is 1. The summed E-state index contributed by atoms with van der Waals surface area (Å²) in [4.78, 5) is 30.4. The summed E-state index contributed by atoms with van der Waals surface area (Å²) in [5, 5.41) is 8.63. The zero-order valence-electron chi connectivity index (χ0n) is 14.8. The Morgan fingerprint density at radius 1 is 1.18 bits per heavy atom. The van der Waals surface area contributed by atoms with Gasteiger partial charge in [-0.05, 0) is 25.1 Å². The Balaban J connectivity index is 1.53. The molecule has 0 aliphatic heterocycles. The molecule has 4 rings (SSSR count). The molecular formula is C20H15BrN4O2S. The number of rotatable bonds is 4. The highest BCUT2D eigenvalue weighted by Crippen LogP contribution is 2.31. The molecule has 4 aromatic rings. The number of nitrogens with one attached hydrogen (secondary N) is 1. The number of carbonyl (C=O) groups is 1. The predicted molar refractivity (Wildman–Crippen MR) is 115 cm³/mol. The smallest absolute Gasteiger partial charge is 0.275 e. The summed E-state index contributed by atoms with van der Waals surface area (Å²) in [6.07, 6.45) is 1.59. The van der Waals surface area contributed by atoms with Crippen molar-refractivity contribution in [1.82, 2.24) is 14.8 Å². The van der Waals surface area contributed by atoms with Crippen LogP contribution in [0, 0.1) is 6.92 Å². The highest BCUT2D eigenvalue weighted by molar-refractivity contribution is 9.10. The summed E-state index contributed by atoms with van der Waals surface area (Å²) < 4.78 is 2.15. The molecule has 140 valence electrons. The van der Waals surface area contributed by atoms with Gasteiger partial charge in [-0.2, -0.15) is 5.10 Å². The monoisotopic (exact) mass is 454 g/mol. The molecule has 0 spiro atoms. The molecule has 0 saturated carbocycles. The first-order chi connectivity index (χ1) is 13.5. The van der Waals surface area contributed by atoms with Crippen molar-refractivity contribution in [1.29, 1.82) is 0 Å². The first-order valence-corrected chi connectivity index (χ1v) is 10.1. The molecular weight excluding hydrogens is 440 g/mol. The van der Waals surface area contributed by atoms with E-state index in [1.165, 1.54) is 11.3 Å². The largest absolute Gasteiger partial charge is 0.300 e. The van der Waals surface area contributed by atoms with E-state index in [1.807, 2.05) is 43.3 Å². The average molecular weight is 455 g/mol. The van der Waals surface area contributed by atoms with Crippen molar-refractivity contribution in [3.63, 3.8) is 0 Å². The fourth-order valence-corrected chi connectivity index (χ4v) is 3.98. The number of thiazole rings is 1. The highest BCUT2D eigenvalue weighted by atomic mass is 79.9. The van der Waals surface area contributed by atoms with E-state index in [0.29, 0.717) is 10.5 Å². The van der Waals surface area contributed by atoms with Gasteiger partial charge in [-0.25, -0.2) is 9.67 Å². The molecule has 0 atom stereocenters. The first kappa shape index (κ1) is 18.5. The summed E-state index contributed by atoms with van der Waals surface area (Å²) in [6.45, 7) is 1.79. The van der Waals surface area contributed by atoms with E-state index >= 15 is 0 Å². The zero-order valence-corrected chi connectivity index (χ0v) is 17.3. The molecule has 0 aliphatic rings. The number of carbonyl (C=O) groups excluding carboxylic acids is 1. The van der Waals surface area contributed by atoms with Crippen LogP contribution in [0.2, 0.25) is 0 Å². The Labute approximate surface area is 173 Å². The van der Waals surface area contributed by atoms with Crippen LogP contribution in [0.1, 0.15) is 4.88 Å². The lowest BCUT2D eigenvalue weighted by atomic mass is 10.1. The molecule has 0 saturated heterocycles. The average Bonchev–Trinajstić information content (AvgIpc) is 3.05. The lowest BCUT2D eigenvalue weighted by Gasteiger charge is -2.05. The first-order valence-electron chi connectivity index (χ1n) is 8.49. The minimum atomic E-state index is -0.346. The highest BCUT2D eigenvalue weighted by Gasteiger charge is 2.14. The van der Waals surface area contributed by atoms with Crippen molar-refractivity contribution in [3.05, 3.63) is 74.4 Å². The summed E-state index contributed by atoms with van der Waals surface area (Å²) >= 11 is 4.81. The van der Waals surface area contributed by atoms with Gasteiger partial charge in [0.15, 0.2) is 5.13 Å². The molecule has 28 heavy (non-hydrogen) atoms.